The monoisotopic (exact) mass is 323 g/mol. The van der Waals surface area contributed by atoms with E-state index in [-0.39, 0.29) is 0 Å². The number of nitriles is 1. The van der Waals surface area contributed by atoms with Crippen LogP contribution >= 0.6 is 11.6 Å². The standard InChI is InChI=1S/C17H14ClN5/c18-14-4-7-23-15(9-19)17(21-16(23)8-14)22-6-3-13(11-22)12-2-1-5-20-10-12/h1-2,4-5,7-8,10,13H,3,6,11H2. The average molecular weight is 324 g/mol. The van der Waals surface area contributed by atoms with Gasteiger partial charge in [-0.3, -0.25) is 9.38 Å². The summed E-state index contributed by atoms with van der Waals surface area (Å²) >= 11 is 6.03. The van der Waals surface area contributed by atoms with E-state index >= 15 is 0 Å². The molecule has 6 heteroatoms. The number of anilines is 1. The second kappa shape index (κ2) is 5.56. The van der Waals surface area contributed by atoms with Gasteiger partial charge in [-0.1, -0.05) is 17.7 Å². The summed E-state index contributed by atoms with van der Waals surface area (Å²) in [5.74, 6) is 1.16. The van der Waals surface area contributed by atoms with Gasteiger partial charge in [-0.2, -0.15) is 5.26 Å². The third-order valence-electron chi connectivity index (χ3n) is 4.32. The molecule has 5 nitrogen and oxygen atoms in total. The van der Waals surface area contributed by atoms with Crippen LogP contribution in [0.5, 0.6) is 0 Å². The van der Waals surface area contributed by atoms with Crippen molar-refractivity contribution in [3.63, 3.8) is 0 Å². The van der Waals surface area contributed by atoms with Crippen molar-refractivity contribution in [2.45, 2.75) is 12.3 Å². The molecule has 23 heavy (non-hydrogen) atoms. The number of imidazole rings is 1. The van der Waals surface area contributed by atoms with Gasteiger partial charge in [0, 0.05) is 48.7 Å². The Kier molecular flexibility index (Phi) is 3.40. The van der Waals surface area contributed by atoms with Gasteiger partial charge in [-0.05, 0) is 24.1 Å². The van der Waals surface area contributed by atoms with E-state index in [1.807, 2.05) is 12.3 Å². The summed E-state index contributed by atoms with van der Waals surface area (Å²) in [6.45, 7) is 1.73. The predicted molar refractivity (Wildman–Crippen MR) is 88.7 cm³/mol. The minimum Gasteiger partial charge on any atom is -0.354 e. The van der Waals surface area contributed by atoms with Crippen molar-refractivity contribution in [1.82, 2.24) is 14.4 Å². The molecule has 1 aliphatic heterocycles. The third kappa shape index (κ3) is 2.41. The zero-order chi connectivity index (χ0) is 15.8. The maximum atomic E-state index is 9.54. The molecule has 1 fully saturated rings. The van der Waals surface area contributed by atoms with Gasteiger partial charge in [0.05, 0.1) is 0 Å². The Labute approximate surface area is 138 Å². The molecule has 1 saturated heterocycles. The fourth-order valence-electron chi connectivity index (χ4n) is 3.17. The Hall–Kier alpha value is -2.58. The summed E-state index contributed by atoms with van der Waals surface area (Å²) in [5, 5.41) is 10.2. The summed E-state index contributed by atoms with van der Waals surface area (Å²) in [6, 6.07) is 9.89. The SMILES string of the molecule is N#Cc1c(N2CCC(c3cccnc3)C2)nc2cc(Cl)ccn12. The summed E-state index contributed by atoms with van der Waals surface area (Å²) < 4.78 is 1.79. The van der Waals surface area contributed by atoms with Crippen molar-refractivity contribution in [1.29, 1.82) is 5.26 Å². The number of rotatable bonds is 2. The summed E-state index contributed by atoms with van der Waals surface area (Å²) in [6.07, 6.45) is 6.53. The van der Waals surface area contributed by atoms with E-state index in [2.05, 4.69) is 27.0 Å². The Morgan fingerprint density at radius 2 is 2.26 bits per heavy atom. The smallest absolute Gasteiger partial charge is 0.169 e. The second-order valence-corrected chi connectivity index (χ2v) is 6.12. The molecular formula is C17H14ClN5. The van der Waals surface area contributed by atoms with Gasteiger partial charge in [-0.15, -0.1) is 0 Å². The highest BCUT2D eigenvalue weighted by atomic mass is 35.5. The minimum absolute atomic E-state index is 0.420. The summed E-state index contributed by atoms with van der Waals surface area (Å²) in [4.78, 5) is 11.0. The van der Waals surface area contributed by atoms with Crippen molar-refractivity contribution in [3.05, 3.63) is 59.1 Å². The first-order valence-corrected chi connectivity index (χ1v) is 7.86. The molecule has 0 radical (unpaired) electrons. The lowest BCUT2D eigenvalue weighted by Gasteiger charge is -2.16. The van der Waals surface area contributed by atoms with Crippen LogP contribution in [0, 0.1) is 11.3 Å². The van der Waals surface area contributed by atoms with Crippen molar-refractivity contribution in [2.75, 3.05) is 18.0 Å². The zero-order valence-corrected chi connectivity index (χ0v) is 13.1. The van der Waals surface area contributed by atoms with Gasteiger partial charge in [-0.25, -0.2) is 4.98 Å². The quantitative estimate of drug-likeness (QED) is 0.726. The van der Waals surface area contributed by atoms with Crippen molar-refractivity contribution < 1.29 is 0 Å². The Morgan fingerprint density at radius 3 is 3.04 bits per heavy atom. The van der Waals surface area contributed by atoms with Gasteiger partial charge in [0.1, 0.15) is 11.7 Å². The molecule has 0 aliphatic carbocycles. The van der Waals surface area contributed by atoms with Crippen molar-refractivity contribution in [3.8, 4) is 6.07 Å². The van der Waals surface area contributed by atoms with Gasteiger partial charge in [0.25, 0.3) is 0 Å². The second-order valence-electron chi connectivity index (χ2n) is 5.69. The van der Waals surface area contributed by atoms with Gasteiger partial charge >= 0.3 is 0 Å². The topological polar surface area (TPSA) is 57.2 Å². The summed E-state index contributed by atoms with van der Waals surface area (Å²) in [5.41, 5.74) is 2.50. The highest BCUT2D eigenvalue weighted by molar-refractivity contribution is 6.30. The molecule has 0 amide bonds. The molecule has 0 aromatic carbocycles. The Balaban J connectivity index is 1.69. The zero-order valence-electron chi connectivity index (χ0n) is 12.4. The molecule has 0 saturated carbocycles. The number of aromatic nitrogens is 3. The van der Waals surface area contributed by atoms with Crippen LogP contribution in [0.2, 0.25) is 5.02 Å². The molecule has 0 spiro atoms. The van der Waals surface area contributed by atoms with Crippen LogP contribution in [0.25, 0.3) is 5.65 Å². The maximum Gasteiger partial charge on any atom is 0.169 e. The number of hydrogen-bond donors (Lipinski definition) is 0. The van der Waals surface area contributed by atoms with Crippen LogP contribution in [0.4, 0.5) is 5.82 Å². The fourth-order valence-corrected chi connectivity index (χ4v) is 3.33. The molecule has 0 bridgehead atoms. The lowest BCUT2D eigenvalue weighted by atomic mass is 10.0. The van der Waals surface area contributed by atoms with Crippen LogP contribution in [0.15, 0.2) is 42.9 Å². The van der Waals surface area contributed by atoms with Crippen LogP contribution in [0.1, 0.15) is 23.6 Å². The Morgan fingerprint density at radius 1 is 1.35 bits per heavy atom. The molecule has 4 rings (SSSR count). The fraction of sp³-hybridized carbons (Fsp3) is 0.235. The first kappa shape index (κ1) is 14.0. The Bertz CT molecular complexity index is 896. The average Bonchev–Trinajstić information content (AvgIpc) is 3.19. The number of halogens is 1. The van der Waals surface area contributed by atoms with Gasteiger partial charge in [0.15, 0.2) is 11.5 Å². The molecule has 1 atom stereocenters. The van der Waals surface area contributed by atoms with Crippen LogP contribution in [-0.4, -0.2) is 27.5 Å². The van der Waals surface area contributed by atoms with E-state index in [9.17, 15) is 5.26 Å². The van der Waals surface area contributed by atoms with E-state index in [1.165, 1.54) is 5.56 Å². The first-order chi connectivity index (χ1) is 11.3. The van der Waals surface area contributed by atoms with Crippen LogP contribution in [0.3, 0.4) is 0 Å². The molecular weight excluding hydrogens is 310 g/mol. The lowest BCUT2D eigenvalue weighted by Crippen LogP contribution is -2.20. The highest BCUT2D eigenvalue weighted by Crippen LogP contribution is 2.32. The molecule has 4 heterocycles. The molecule has 1 unspecified atom stereocenters. The molecule has 3 aromatic heterocycles. The lowest BCUT2D eigenvalue weighted by molar-refractivity contribution is 0.769. The van der Waals surface area contributed by atoms with Gasteiger partial charge in [0.2, 0.25) is 0 Å². The molecule has 0 N–H and O–H groups in total. The predicted octanol–water partition coefficient (Wildman–Crippen LogP) is 3.25. The highest BCUT2D eigenvalue weighted by Gasteiger charge is 2.28. The van der Waals surface area contributed by atoms with Crippen molar-refractivity contribution in [2.24, 2.45) is 0 Å². The molecule has 114 valence electrons. The third-order valence-corrected chi connectivity index (χ3v) is 4.55. The van der Waals surface area contributed by atoms with Crippen LogP contribution in [-0.2, 0) is 0 Å². The maximum absolute atomic E-state index is 9.54. The minimum atomic E-state index is 0.420. The number of fused-ring (bicyclic) bond motifs is 1. The largest absolute Gasteiger partial charge is 0.354 e. The first-order valence-electron chi connectivity index (χ1n) is 7.49. The number of nitrogens with zero attached hydrogens (tertiary/aromatic N) is 5. The summed E-state index contributed by atoms with van der Waals surface area (Å²) in [7, 11) is 0. The van der Waals surface area contributed by atoms with Crippen LogP contribution < -0.4 is 4.90 Å². The number of hydrogen-bond acceptors (Lipinski definition) is 4. The van der Waals surface area contributed by atoms with Crippen molar-refractivity contribution >= 4 is 23.1 Å². The van der Waals surface area contributed by atoms with E-state index < -0.39 is 0 Å². The van der Waals surface area contributed by atoms with E-state index in [1.54, 1.807) is 28.9 Å². The van der Waals surface area contributed by atoms with E-state index in [4.69, 9.17) is 11.6 Å². The molecule has 1 aliphatic rings. The van der Waals surface area contributed by atoms with Gasteiger partial charge < -0.3 is 4.90 Å². The molecule has 3 aromatic rings. The normalized spacial score (nSPS) is 17.6. The van der Waals surface area contributed by atoms with E-state index in [0.29, 0.717) is 22.3 Å². The number of pyridine rings is 2. The van der Waals surface area contributed by atoms with E-state index in [0.717, 1.165) is 25.3 Å².